The molecule has 104 valence electrons. The summed E-state index contributed by atoms with van der Waals surface area (Å²) >= 11 is 3.38. The SMILES string of the molecule is CNc1ncc(Br)cc1C(=O)N(C)C1CCCCC1. The lowest BCUT2D eigenvalue weighted by atomic mass is 9.94. The molecule has 1 heterocycles. The standard InChI is InChI=1S/C14H20BrN3O/c1-16-13-12(8-10(15)9-17-13)14(19)18(2)11-6-4-3-5-7-11/h8-9,11H,3-7H2,1-2H3,(H,16,17). The number of carbonyl (C=O) groups excluding carboxylic acids is 1. The number of nitrogens with zero attached hydrogens (tertiary/aromatic N) is 2. The van der Waals surface area contributed by atoms with Crippen molar-refractivity contribution >= 4 is 27.7 Å². The predicted molar refractivity (Wildman–Crippen MR) is 80.5 cm³/mol. The van der Waals surface area contributed by atoms with Crippen LogP contribution in [-0.2, 0) is 0 Å². The van der Waals surface area contributed by atoms with Crippen LogP contribution in [0.5, 0.6) is 0 Å². The summed E-state index contributed by atoms with van der Waals surface area (Å²) in [5.41, 5.74) is 0.630. The lowest BCUT2D eigenvalue weighted by Gasteiger charge is -2.31. The number of amides is 1. The highest BCUT2D eigenvalue weighted by Crippen LogP contribution is 2.25. The number of hydrogen-bond acceptors (Lipinski definition) is 3. The van der Waals surface area contributed by atoms with Crippen LogP contribution in [0.25, 0.3) is 0 Å². The van der Waals surface area contributed by atoms with Gasteiger partial charge in [-0.3, -0.25) is 4.79 Å². The van der Waals surface area contributed by atoms with Gasteiger partial charge in [-0.05, 0) is 34.8 Å². The van der Waals surface area contributed by atoms with Crippen LogP contribution < -0.4 is 5.32 Å². The molecule has 1 amide bonds. The summed E-state index contributed by atoms with van der Waals surface area (Å²) in [6, 6.07) is 2.20. The first kappa shape index (κ1) is 14.3. The van der Waals surface area contributed by atoms with Gasteiger partial charge in [0.25, 0.3) is 5.91 Å². The van der Waals surface area contributed by atoms with E-state index in [0.29, 0.717) is 17.4 Å². The van der Waals surface area contributed by atoms with Gasteiger partial charge < -0.3 is 10.2 Å². The van der Waals surface area contributed by atoms with E-state index in [9.17, 15) is 4.79 Å². The van der Waals surface area contributed by atoms with Crippen LogP contribution in [0.1, 0.15) is 42.5 Å². The maximum atomic E-state index is 12.6. The summed E-state index contributed by atoms with van der Waals surface area (Å²) in [5.74, 6) is 0.681. The molecule has 1 aliphatic rings. The van der Waals surface area contributed by atoms with Crippen molar-refractivity contribution in [2.75, 3.05) is 19.4 Å². The molecule has 0 unspecified atom stereocenters. The Balaban J connectivity index is 2.20. The van der Waals surface area contributed by atoms with Crippen LogP contribution in [0, 0.1) is 0 Å². The summed E-state index contributed by atoms with van der Waals surface area (Å²) in [7, 11) is 3.69. The van der Waals surface area contributed by atoms with Crippen LogP contribution in [0.3, 0.4) is 0 Å². The van der Waals surface area contributed by atoms with E-state index in [2.05, 4.69) is 26.2 Å². The maximum absolute atomic E-state index is 12.6. The zero-order valence-electron chi connectivity index (χ0n) is 11.4. The van der Waals surface area contributed by atoms with Gasteiger partial charge in [-0.15, -0.1) is 0 Å². The third-order valence-electron chi connectivity index (χ3n) is 3.76. The van der Waals surface area contributed by atoms with Gasteiger partial charge in [0, 0.05) is 30.8 Å². The maximum Gasteiger partial charge on any atom is 0.257 e. The first-order chi connectivity index (χ1) is 9.13. The average Bonchev–Trinajstić information content (AvgIpc) is 2.46. The Morgan fingerprint density at radius 2 is 2.11 bits per heavy atom. The molecule has 0 spiro atoms. The molecule has 0 aliphatic heterocycles. The molecule has 19 heavy (non-hydrogen) atoms. The molecule has 1 aromatic rings. The van der Waals surface area contributed by atoms with E-state index in [1.165, 1.54) is 19.3 Å². The van der Waals surface area contributed by atoms with Gasteiger partial charge in [0.15, 0.2) is 0 Å². The van der Waals surface area contributed by atoms with Gasteiger partial charge in [0.05, 0.1) is 5.56 Å². The average molecular weight is 326 g/mol. The second kappa shape index (κ2) is 6.37. The number of halogens is 1. The van der Waals surface area contributed by atoms with Gasteiger partial charge in [-0.25, -0.2) is 4.98 Å². The minimum Gasteiger partial charge on any atom is -0.372 e. The highest BCUT2D eigenvalue weighted by molar-refractivity contribution is 9.10. The van der Waals surface area contributed by atoms with Crippen molar-refractivity contribution in [3.05, 3.63) is 22.3 Å². The van der Waals surface area contributed by atoms with Crippen molar-refractivity contribution in [3.63, 3.8) is 0 Å². The Labute approximate surface area is 122 Å². The highest BCUT2D eigenvalue weighted by atomic mass is 79.9. The van der Waals surface area contributed by atoms with Gasteiger partial charge >= 0.3 is 0 Å². The van der Waals surface area contributed by atoms with E-state index in [1.54, 1.807) is 13.2 Å². The molecule has 0 bridgehead atoms. The molecular weight excluding hydrogens is 306 g/mol. The fraction of sp³-hybridized carbons (Fsp3) is 0.571. The minimum absolute atomic E-state index is 0.0463. The van der Waals surface area contributed by atoms with Crippen molar-refractivity contribution in [3.8, 4) is 0 Å². The number of aromatic nitrogens is 1. The molecule has 4 nitrogen and oxygen atoms in total. The molecule has 1 N–H and O–H groups in total. The molecule has 1 fully saturated rings. The van der Waals surface area contributed by atoms with E-state index >= 15 is 0 Å². The van der Waals surface area contributed by atoms with Crippen molar-refractivity contribution in [1.29, 1.82) is 0 Å². The molecule has 0 radical (unpaired) electrons. The Morgan fingerprint density at radius 1 is 1.42 bits per heavy atom. The Bertz CT molecular complexity index is 458. The third kappa shape index (κ3) is 3.26. The van der Waals surface area contributed by atoms with Gasteiger partial charge in [-0.1, -0.05) is 19.3 Å². The van der Waals surface area contributed by atoms with Gasteiger partial charge in [-0.2, -0.15) is 0 Å². The Hall–Kier alpha value is -1.10. The second-order valence-electron chi connectivity index (χ2n) is 5.01. The molecular formula is C14H20BrN3O. The summed E-state index contributed by atoms with van der Waals surface area (Å²) in [6.45, 7) is 0. The summed E-state index contributed by atoms with van der Waals surface area (Å²) in [4.78, 5) is 18.7. The number of anilines is 1. The normalized spacial score (nSPS) is 16.2. The molecule has 0 aromatic carbocycles. The van der Waals surface area contributed by atoms with Crippen molar-refractivity contribution in [1.82, 2.24) is 9.88 Å². The molecule has 5 heteroatoms. The predicted octanol–water partition coefficient (Wildman–Crippen LogP) is 3.29. The van der Waals surface area contributed by atoms with Crippen molar-refractivity contribution in [2.45, 2.75) is 38.1 Å². The number of nitrogens with one attached hydrogen (secondary N) is 1. The molecule has 0 saturated heterocycles. The third-order valence-corrected chi connectivity index (χ3v) is 4.20. The zero-order chi connectivity index (χ0) is 13.8. The summed E-state index contributed by atoms with van der Waals surface area (Å²) in [5, 5.41) is 2.98. The number of carbonyl (C=O) groups is 1. The lowest BCUT2D eigenvalue weighted by Crippen LogP contribution is -2.38. The first-order valence-corrected chi connectivity index (χ1v) is 7.53. The number of rotatable bonds is 3. The highest BCUT2D eigenvalue weighted by Gasteiger charge is 2.25. The van der Waals surface area contributed by atoms with Crippen LogP contribution >= 0.6 is 15.9 Å². The van der Waals surface area contributed by atoms with Crippen LogP contribution in [0.2, 0.25) is 0 Å². The monoisotopic (exact) mass is 325 g/mol. The molecule has 2 rings (SSSR count). The zero-order valence-corrected chi connectivity index (χ0v) is 13.0. The van der Waals surface area contributed by atoms with Gasteiger partial charge in [0.2, 0.25) is 0 Å². The fourth-order valence-corrected chi connectivity index (χ4v) is 2.96. The molecule has 1 aromatic heterocycles. The van der Waals surface area contributed by atoms with E-state index in [0.717, 1.165) is 17.3 Å². The Kier molecular flexibility index (Phi) is 4.80. The van der Waals surface area contributed by atoms with E-state index in [4.69, 9.17) is 0 Å². The topological polar surface area (TPSA) is 45.2 Å². The smallest absolute Gasteiger partial charge is 0.257 e. The second-order valence-corrected chi connectivity index (χ2v) is 5.92. The summed E-state index contributed by atoms with van der Waals surface area (Å²) in [6.07, 6.45) is 7.65. The van der Waals surface area contributed by atoms with Crippen LogP contribution in [0.15, 0.2) is 16.7 Å². The van der Waals surface area contributed by atoms with E-state index < -0.39 is 0 Å². The lowest BCUT2D eigenvalue weighted by molar-refractivity contribution is 0.0697. The van der Waals surface area contributed by atoms with Crippen molar-refractivity contribution < 1.29 is 4.79 Å². The fourth-order valence-electron chi connectivity index (χ4n) is 2.63. The van der Waals surface area contributed by atoms with Crippen LogP contribution in [-0.4, -0.2) is 35.9 Å². The van der Waals surface area contributed by atoms with E-state index in [-0.39, 0.29) is 5.91 Å². The number of hydrogen-bond donors (Lipinski definition) is 1. The minimum atomic E-state index is 0.0463. The molecule has 0 atom stereocenters. The number of pyridine rings is 1. The first-order valence-electron chi connectivity index (χ1n) is 6.74. The van der Waals surface area contributed by atoms with Crippen molar-refractivity contribution in [2.24, 2.45) is 0 Å². The molecule has 1 aliphatic carbocycles. The van der Waals surface area contributed by atoms with Crippen LogP contribution in [0.4, 0.5) is 5.82 Å². The largest absolute Gasteiger partial charge is 0.372 e. The van der Waals surface area contributed by atoms with E-state index in [1.807, 2.05) is 18.0 Å². The summed E-state index contributed by atoms with van der Waals surface area (Å²) < 4.78 is 0.826. The Morgan fingerprint density at radius 3 is 2.74 bits per heavy atom. The molecule has 1 saturated carbocycles. The van der Waals surface area contributed by atoms with Gasteiger partial charge in [0.1, 0.15) is 5.82 Å². The quantitative estimate of drug-likeness (QED) is 0.927.